The zero-order valence-corrected chi connectivity index (χ0v) is 12.3. The number of urea groups is 1. The minimum atomic E-state index is -0.568. The third kappa shape index (κ3) is 3.23. The normalized spacial score (nSPS) is 14.4. The summed E-state index contributed by atoms with van der Waals surface area (Å²) in [6.45, 7) is 0.0921. The molecular weight excluding hydrogens is 298 g/mol. The molecule has 118 valence electrons. The summed E-state index contributed by atoms with van der Waals surface area (Å²) in [4.78, 5) is 37.2. The van der Waals surface area contributed by atoms with E-state index < -0.39 is 11.9 Å². The summed E-state index contributed by atoms with van der Waals surface area (Å²) in [6.07, 6.45) is 1.93. The highest BCUT2D eigenvalue weighted by Gasteiger charge is 2.37. The lowest BCUT2D eigenvalue weighted by atomic mass is 10.1. The van der Waals surface area contributed by atoms with Gasteiger partial charge in [-0.15, -0.1) is 0 Å². The van der Waals surface area contributed by atoms with E-state index in [9.17, 15) is 14.4 Å². The number of carbonyl (C=O) groups is 3. The number of hydrazine groups is 1. The maximum atomic E-state index is 12.2. The molecule has 0 aliphatic carbocycles. The van der Waals surface area contributed by atoms with Gasteiger partial charge in [0.15, 0.2) is 5.76 Å². The Labute approximate surface area is 132 Å². The minimum absolute atomic E-state index is 0.0768. The lowest BCUT2D eigenvalue weighted by molar-refractivity contribution is -0.125. The summed E-state index contributed by atoms with van der Waals surface area (Å²) in [5.74, 6) is -0.834. The summed E-state index contributed by atoms with van der Waals surface area (Å²) in [5.41, 5.74) is 3.41. The highest BCUT2D eigenvalue weighted by molar-refractivity contribution is 6.03. The molecule has 1 aliphatic heterocycles. The fraction of sp³-hybridized carbons (Fsp3) is 0.188. The van der Waals surface area contributed by atoms with Crippen LogP contribution in [0, 0.1) is 0 Å². The smallest absolute Gasteiger partial charge is 0.345 e. The molecule has 1 fully saturated rings. The monoisotopic (exact) mass is 313 g/mol. The number of nitrogens with zero attached hydrogens (tertiary/aromatic N) is 2. The van der Waals surface area contributed by atoms with E-state index >= 15 is 0 Å². The van der Waals surface area contributed by atoms with Crippen LogP contribution >= 0.6 is 0 Å². The number of imide groups is 1. The van der Waals surface area contributed by atoms with Crippen molar-refractivity contribution in [1.29, 1.82) is 0 Å². The van der Waals surface area contributed by atoms with Crippen LogP contribution < -0.4 is 5.43 Å². The Morgan fingerprint density at radius 1 is 1.13 bits per heavy atom. The van der Waals surface area contributed by atoms with Crippen molar-refractivity contribution in [2.75, 3.05) is 13.1 Å². The van der Waals surface area contributed by atoms with E-state index in [4.69, 9.17) is 4.42 Å². The zero-order chi connectivity index (χ0) is 16.2. The number of rotatable bonds is 5. The summed E-state index contributed by atoms with van der Waals surface area (Å²) in [7, 11) is 0. The molecule has 2 aromatic rings. The first-order valence-electron chi connectivity index (χ1n) is 7.15. The van der Waals surface area contributed by atoms with Gasteiger partial charge in [0, 0.05) is 6.54 Å². The van der Waals surface area contributed by atoms with E-state index in [-0.39, 0.29) is 24.8 Å². The van der Waals surface area contributed by atoms with Gasteiger partial charge in [0.1, 0.15) is 6.54 Å². The van der Waals surface area contributed by atoms with Gasteiger partial charge in [0.05, 0.1) is 6.26 Å². The molecule has 1 aromatic carbocycles. The first-order valence-corrected chi connectivity index (χ1v) is 7.15. The first kappa shape index (κ1) is 14.8. The molecule has 0 radical (unpaired) electrons. The lowest BCUT2D eigenvalue weighted by Crippen LogP contribution is -2.45. The Hall–Kier alpha value is -3.09. The molecule has 2 heterocycles. The van der Waals surface area contributed by atoms with Crippen molar-refractivity contribution in [2.24, 2.45) is 0 Å². The molecular formula is C16H15N3O4. The Morgan fingerprint density at radius 3 is 2.61 bits per heavy atom. The number of nitrogens with one attached hydrogen (secondary N) is 1. The van der Waals surface area contributed by atoms with Crippen molar-refractivity contribution in [1.82, 2.24) is 15.3 Å². The van der Waals surface area contributed by atoms with Gasteiger partial charge in [-0.1, -0.05) is 30.3 Å². The van der Waals surface area contributed by atoms with Crippen LogP contribution in [-0.4, -0.2) is 40.8 Å². The molecule has 1 aromatic heterocycles. The molecule has 7 heteroatoms. The van der Waals surface area contributed by atoms with E-state index in [2.05, 4.69) is 5.43 Å². The van der Waals surface area contributed by atoms with Crippen LogP contribution in [0.2, 0.25) is 0 Å². The van der Waals surface area contributed by atoms with E-state index in [1.54, 1.807) is 6.07 Å². The second kappa shape index (κ2) is 6.35. The van der Waals surface area contributed by atoms with Gasteiger partial charge < -0.3 is 4.42 Å². The van der Waals surface area contributed by atoms with Crippen molar-refractivity contribution < 1.29 is 18.8 Å². The van der Waals surface area contributed by atoms with Crippen LogP contribution in [0.4, 0.5) is 4.79 Å². The van der Waals surface area contributed by atoms with Gasteiger partial charge in [-0.05, 0) is 24.1 Å². The molecule has 23 heavy (non-hydrogen) atoms. The highest BCUT2D eigenvalue weighted by atomic mass is 16.3. The fourth-order valence-electron chi connectivity index (χ4n) is 2.32. The number of amides is 4. The number of hydrogen-bond donors (Lipinski definition) is 1. The summed E-state index contributed by atoms with van der Waals surface area (Å²) in [6, 6.07) is 12.1. The van der Waals surface area contributed by atoms with E-state index in [0.29, 0.717) is 6.42 Å². The van der Waals surface area contributed by atoms with Gasteiger partial charge >= 0.3 is 11.9 Å². The van der Waals surface area contributed by atoms with E-state index in [1.165, 1.54) is 12.3 Å². The molecule has 1 saturated heterocycles. The fourth-order valence-corrected chi connectivity index (χ4v) is 2.32. The maximum absolute atomic E-state index is 12.2. The van der Waals surface area contributed by atoms with Crippen LogP contribution in [-0.2, 0) is 11.2 Å². The van der Waals surface area contributed by atoms with Gasteiger partial charge in [0.25, 0.3) is 5.91 Å². The number of furan rings is 1. The highest BCUT2D eigenvalue weighted by Crippen LogP contribution is 2.11. The van der Waals surface area contributed by atoms with Crippen LogP contribution in [0.1, 0.15) is 16.1 Å². The largest absolute Gasteiger partial charge is 0.459 e. The van der Waals surface area contributed by atoms with Crippen molar-refractivity contribution in [3.05, 3.63) is 60.1 Å². The SMILES string of the molecule is O=C(NN1CC(=O)N(CCc2ccccc2)C1=O)c1ccco1. The predicted molar refractivity (Wildman–Crippen MR) is 80.1 cm³/mol. The van der Waals surface area contributed by atoms with Gasteiger partial charge in [-0.25, -0.2) is 9.80 Å². The molecule has 1 N–H and O–H groups in total. The van der Waals surface area contributed by atoms with Crippen molar-refractivity contribution >= 4 is 17.8 Å². The third-order valence-corrected chi connectivity index (χ3v) is 3.50. The minimum Gasteiger partial charge on any atom is -0.459 e. The zero-order valence-electron chi connectivity index (χ0n) is 12.3. The van der Waals surface area contributed by atoms with E-state index in [1.807, 2.05) is 30.3 Å². The molecule has 1 aliphatic rings. The molecule has 7 nitrogen and oxygen atoms in total. The van der Waals surface area contributed by atoms with Gasteiger partial charge in [-0.2, -0.15) is 0 Å². The van der Waals surface area contributed by atoms with Crippen LogP contribution in [0.15, 0.2) is 53.1 Å². The first-order chi connectivity index (χ1) is 11.1. The number of carbonyl (C=O) groups excluding carboxylic acids is 3. The molecule has 0 bridgehead atoms. The Balaban J connectivity index is 1.60. The summed E-state index contributed by atoms with van der Waals surface area (Å²) in [5, 5.41) is 0.998. The predicted octanol–water partition coefficient (Wildman–Crippen LogP) is 1.43. The third-order valence-electron chi connectivity index (χ3n) is 3.50. The number of hydrogen-bond acceptors (Lipinski definition) is 4. The second-order valence-electron chi connectivity index (χ2n) is 5.07. The van der Waals surface area contributed by atoms with Gasteiger partial charge in [-0.3, -0.25) is 19.9 Å². The number of benzene rings is 1. The molecule has 0 spiro atoms. The topological polar surface area (TPSA) is 82.9 Å². The van der Waals surface area contributed by atoms with Crippen LogP contribution in [0.3, 0.4) is 0 Å². The molecule has 3 rings (SSSR count). The Bertz CT molecular complexity index is 712. The summed E-state index contributed by atoms with van der Waals surface area (Å²) < 4.78 is 4.95. The molecule has 0 saturated carbocycles. The maximum Gasteiger partial charge on any atom is 0.345 e. The quantitative estimate of drug-likeness (QED) is 0.847. The van der Waals surface area contributed by atoms with E-state index in [0.717, 1.165) is 15.5 Å². The molecule has 0 atom stereocenters. The van der Waals surface area contributed by atoms with Gasteiger partial charge in [0.2, 0.25) is 0 Å². The summed E-state index contributed by atoms with van der Waals surface area (Å²) >= 11 is 0. The van der Waals surface area contributed by atoms with Crippen molar-refractivity contribution in [3.8, 4) is 0 Å². The van der Waals surface area contributed by atoms with Crippen LogP contribution in [0.25, 0.3) is 0 Å². The average Bonchev–Trinajstić information content (AvgIpc) is 3.17. The Kier molecular flexibility index (Phi) is 4.09. The van der Waals surface area contributed by atoms with Crippen molar-refractivity contribution in [3.63, 3.8) is 0 Å². The second-order valence-corrected chi connectivity index (χ2v) is 5.07. The molecule has 0 unspecified atom stereocenters. The standard InChI is InChI=1S/C16H15N3O4/c20-14-11-19(17-15(21)13-7-4-10-23-13)16(22)18(14)9-8-12-5-2-1-3-6-12/h1-7,10H,8-9,11H2,(H,17,21). The molecule has 4 amide bonds. The average molecular weight is 313 g/mol. The van der Waals surface area contributed by atoms with Crippen LogP contribution in [0.5, 0.6) is 0 Å². The Morgan fingerprint density at radius 2 is 1.91 bits per heavy atom. The van der Waals surface area contributed by atoms with Crippen molar-refractivity contribution in [2.45, 2.75) is 6.42 Å². The lowest BCUT2D eigenvalue weighted by Gasteiger charge is -2.17.